The zero-order valence-corrected chi connectivity index (χ0v) is 41.7. The molecule has 8 aromatic carbocycles. The van der Waals surface area contributed by atoms with Gasteiger partial charge in [0.2, 0.25) is 0 Å². The minimum absolute atomic E-state index is 0.847. The summed E-state index contributed by atoms with van der Waals surface area (Å²) in [6, 6.07) is 88.9. The largest absolute Gasteiger partial charge is 0.174 e. The van der Waals surface area contributed by atoms with Crippen LogP contribution in [0.2, 0.25) is 0 Å². The molecule has 8 aromatic rings. The van der Waals surface area contributed by atoms with Crippen LogP contribution < -0.4 is 42.4 Å². The number of benzene rings is 8. The minimum atomic E-state index is -0.847. The van der Waals surface area contributed by atoms with Crippen LogP contribution in [0.5, 0.6) is 0 Å². The van der Waals surface area contributed by atoms with Crippen molar-refractivity contribution in [1.29, 1.82) is 0 Å². The molecular weight excluding hydrogens is 1190 g/mol. The minimum Gasteiger partial charge on any atom is -0.0620 e. The quantitative estimate of drug-likeness (QED) is 0.0845. The molecule has 8 rings (SSSR count). The van der Waals surface area contributed by atoms with E-state index in [4.69, 9.17) is 0 Å². The molecular formula is C50H48Au2Cl2P4+4. The molecule has 0 aliphatic rings. The molecule has 0 nitrogen and oxygen atoms in total. The Morgan fingerprint density at radius 1 is 0.207 bits per heavy atom. The molecule has 0 bridgehead atoms. The Kier molecular flexibility index (Phi) is 22.0. The van der Waals surface area contributed by atoms with E-state index in [1.807, 2.05) is 0 Å². The maximum Gasteiger partial charge on any atom is 0.174 e. The second-order valence-electron chi connectivity index (χ2n) is 13.2. The third kappa shape index (κ3) is 14.3. The molecule has 8 heteroatoms. The molecule has 300 valence electrons. The number of halogens is 2. The van der Waals surface area contributed by atoms with Gasteiger partial charge in [0.25, 0.3) is 0 Å². The van der Waals surface area contributed by atoms with Crippen LogP contribution in [0, 0.1) is 0 Å². The van der Waals surface area contributed by atoms with Gasteiger partial charge >= 0.3 is 58.4 Å². The van der Waals surface area contributed by atoms with E-state index in [-0.39, 0.29) is 0 Å². The number of rotatable bonds is 12. The maximum absolute atomic E-state index is 4.58. The smallest absolute Gasteiger partial charge is 0.0620 e. The summed E-state index contributed by atoms with van der Waals surface area (Å²) in [4.78, 5) is 0. The van der Waals surface area contributed by atoms with E-state index in [9.17, 15) is 0 Å². The zero-order valence-electron chi connectivity index (χ0n) is 31.9. The average molecular weight is 1240 g/mol. The molecule has 0 unspecified atom stereocenters. The predicted molar refractivity (Wildman–Crippen MR) is 263 cm³/mol. The number of hydrogen-bond donors (Lipinski definition) is 0. The van der Waals surface area contributed by atoms with E-state index < -0.39 is 31.7 Å². The second kappa shape index (κ2) is 27.4. The molecule has 0 spiro atoms. The van der Waals surface area contributed by atoms with Gasteiger partial charge in [0.1, 0.15) is 74.1 Å². The first-order valence-corrected chi connectivity index (χ1v) is 31.1. The summed E-state index contributed by atoms with van der Waals surface area (Å²) in [6.07, 6.45) is 0. The third-order valence-corrected chi connectivity index (χ3v) is 23.6. The van der Waals surface area contributed by atoms with Crippen LogP contribution >= 0.6 is 50.1 Å². The Labute approximate surface area is 383 Å². The fourth-order valence-electron chi connectivity index (χ4n) is 6.95. The van der Waals surface area contributed by atoms with Crippen molar-refractivity contribution in [3.8, 4) is 0 Å². The van der Waals surface area contributed by atoms with Crippen LogP contribution in [0.15, 0.2) is 243 Å². The molecule has 0 radical (unpaired) electrons. The summed E-state index contributed by atoms with van der Waals surface area (Å²) < 4.78 is 0. The van der Waals surface area contributed by atoms with Crippen molar-refractivity contribution in [3.63, 3.8) is 0 Å². The molecule has 0 saturated carbocycles. The van der Waals surface area contributed by atoms with Crippen LogP contribution in [0.4, 0.5) is 0 Å². The van der Waals surface area contributed by atoms with Gasteiger partial charge in [-0.1, -0.05) is 146 Å². The Morgan fingerprint density at radius 2 is 0.310 bits per heavy atom. The van der Waals surface area contributed by atoms with E-state index in [1.165, 1.54) is 54.2 Å². The molecule has 58 heavy (non-hydrogen) atoms. The van der Waals surface area contributed by atoms with Crippen molar-refractivity contribution in [2.24, 2.45) is 0 Å². The van der Waals surface area contributed by atoms with Gasteiger partial charge in [-0.3, -0.25) is 0 Å². The molecule has 0 heterocycles. The fourth-order valence-corrected chi connectivity index (χ4v) is 22.4. The average Bonchev–Trinajstić information content (AvgIpc) is 3.33. The van der Waals surface area contributed by atoms with E-state index in [1.54, 1.807) is 40.0 Å². The summed E-state index contributed by atoms with van der Waals surface area (Å²) in [5.74, 6) is 2.49. The molecule has 0 saturated heterocycles. The van der Waals surface area contributed by atoms with E-state index in [2.05, 4.69) is 261 Å². The Morgan fingerprint density at radius 3 is 0.414 bits per heavy atom. The van der Waals surface area contributed by atoms with Gasteiger partial charge in [-0.05, 0) is 97.1 Å². The molecule has 0 N–H and O–H groups in total. The molecule has 0 amide bonds. The van der Waals surface area contributed by atoms with E-state index >= 15 is 0 Å². The van der Waals surface area contributed by atoms with Crippen LogP contribution in [0.3, 0.4) is 0 Å². The second-order valence-corrected chi connectivity index (χ2v) is 24.5. The van der Waals surface area contributed by atoms with Gasteiger partial charge < -0.3 is 0 Å². The first-order chi connectivity index (χ1) is 28.8. The first kappa shape index (κ1) is 46.6. The van der Waals surface area contributed by atoms with Gasteiger partial charge in [-0.2, -0.15) is 0 Å². The van der Waals surface area contributed by atoms with Crippen LogP contribution in [0.25, 0.3) is 0 Å². The summed E-state index contributed by atoms with van der Waals surface area (Å²) in [7, 11) is 5.78. The van der Waals surface area contributed by atoms with Gasteiger partial charge in [-0.15, -0.1) is 0 Å². The topological polar surface area (TPSA) is 0 Å². The number of hydrogen-bond acceptors (Lipinski definition) is 0. The van der Waals surface area contributed by atoms with Gasteiger partial charge in [0, 0.05) is 0 Å². The van der Waals surface area contributed by atoms with Crippen molar-refractivity contribution < 1.29 is 40.0 Å². The van der Waals surface area contributed by atoms with Gasteiger partial charge in [0.05, 0.1) is 0 Å². The Balaban J connectivity index is 0.000000204. The standard InChI is InChI=1S/2C25H22P2.2Au.2ClH/c2*1-5-13-22(14-6-1)26(23-15-7-2-8-16-23)21-27(24-17-9-3-10-18-24)25-19-11-4-12-20-25;;;;/h2*1-20H,21H2;;;2*1H/q;;2*+1;;/p+2. The molecule has 0 aromatic heterocycles. The zero-order chi connectivity index (χ0) is 40.6. The van der Waals surface area contributed by atoms with Crippen molar-refractivity contribution in [2.45, 2.75) is 0 Å². The summed E-state index contributed by atoms with van der Waals surface area (Å²) in [6.45, 7) is 0. The van der Waals surface area contributed by atoms with Gasteiger partial charge in [0.15, 0.2) is 11.8 Å². The van der Waals surface area contributed by atoms with Gasteiger partial charge in [-0.25, -0.2) is 0 Å². The summed E-state index contributed by atoms with van der Waals surface area (Å²) in [5, 5.41) is 12.0. The van der Waals surface area contributed by atoms with Crippen molar-refractivity contribution >= 4 is 92.5 Å². The predicted octanol–water partition coefficient (Wildman–Crippen LogP) is 10.7. The molecule has 0 fully saturated rings. The van der Waals surface area contributed by atoms with E-state index in [0.717, 1.165) is 0 Å². The SMILES string of the molecule is [Cl][Au].[Cl][Au].c1ccc([PH+](C[PH+](c2ccccc2)c2ccccc2)c2ccccc2)cc1.c1ccc([PH+](C[PH+](c2ccccc2)c2ccccc2)c2ccccc2)cc1. The Bertz CT molecular complexity index is 1750. The summed E-state index contributed by atoms with van der Waals surface area (Å²) in [5.41, 5.74) is 0. The van der Waals surface area contributed by atoms with Crippen LogP contribution in [-0.2, 0) is 40.0 Å². The van der Waals surface area contributed by atoms with Crippen molar-refractivity contribution in [1.82, 2.24) is 0 Å². The van der Waals surface area contributed by atoms with Crippen molar-refractivity contribution in [3.05, 3.63) is 243 Å². The Hall–Kier alpha value is -2.46. The molecule has 0 atom stereocenters. The van der Waals surface area contributed by atoms with Crippen molar-refractivity contribution in [2.75, 3.05) is 11.8 Å². The third-order valence-electron chi connectivity index (χ3n) is 9.69. The fraction of sp³-hybridized carbons (Fsp3) is 0.0400. The first-order valence-electron chi connectivity index (χ1n) is 18.9. The summed E-state index contributed by atoms with van der Waals surface area (Å²) >= 11 is 3.50. The maximum atomic E-state index is 4.58. The van der Waals surface area contributed by atoms with E-state index in [0.29, 0.717) is 0 Å². The normalized spacial score (nSPS) is 10.5. The molecule has 0 aliphatic carbocycles. The monoisotopic (exact) mass is 1240 g/mol. The molecule has 0 aliphatic heterocycles. The van der Waals surface area contributed by atoms with Crippen LogP contribution in [-0.4, -0.2) is 11.8 Å². The van der Waals surface area contributed by atoms with Crippen LogP contribution in [0.1, 0.15) is 0 Å².